The van der Waals surface area contributed by atoms with E-state index < -0.39 is 33.9 Å². The Kier molecular flexibility index (Phi) is 26.1. The zero-order valence-electron chi connectivity index (χ0n) is 24.9. The van der Waals surface area contributed by atoms with E-state index in [0.29, 0.717) is 13.1 Å². The van der Waals surface area contributed by atoms with Crippen LogP contribution in [0.1, 0.15) is 52.4 Å². The third-order valence-corrected chi connectivity index (χ3v) is 5.98. The molecule has 240 valence electrons. The van der Waals surface area contributed by atoms with Crippen molar-refractivity contribution < 1.29 is 58.3 Å². The van der Waals surface area contributed by atoms with Crippen molar-refractivity contribution in [2.24, 2.45) is 0 Å². The zero-order chi connectivity index (χ0) is 32.4. The van der Waals surface area contributed by atoms with E-state index in [2.05, 4.69) is 43.2 Å². The van der Waals surface area contributed by atoms with Gasteiger partial charge in [0.05, 0.1) is 23.1 Å². The summed E-state index contributed by atoms with van der Waals surface area (Å²) in [7, 11) is 0. The first-order valence-electron chi connectivity index (χ1n) is 13.7. The molecule has 0 bridgehead atoms. The molecule has 0 amide bonds. The first-order chi connectivity index (χ1) is 21.3. The number of ether oxygens (including phenoxy) is 2. The second-order valence-corrected chi connectivity index (χ2v) is 10.0. The zero-order valence-corrected chi connectivity index (χ0v) is 28.1. The van der Waals surface area contributed by atoms with Crippen LogP contribution in [0, 0.1) is 47.6 Å². The standard InChI is InChI=1S/2C11H12F2NO2S.2C5H5.Ti/c2*1-2-3-6-14-17-11(15)16-10-5-4-8(12)7-9(10)13;2*1-2-4-5-3-1;/h2*4-5,14H,2-3,6H2,1H3;2*1-3H,4H2;/q4*-1;+4. The van der Waals surface area contributed by atoms with E-state index in [1.54, 1.807) is 12.1 Å². The average Bonchev–Trinajstić information content (AvgIpc) is 3.77. The molecule has 13 heteroatoms. The van der Waals surface area contributed by atoms with Crippen molar-refractivity contribution >= 4 is 34.5 Å². The van der Waals surface area contributed by atoms with Gasteiger partial charge in [-0.15, -0.1) is 49.2 Å². The molecule has 0 spiro atoms. The number of hydrogen-bond donors (Lipinski definition) is 2. The summed E-state index contributed by atoms with van der Waals surface area (Å²) in [6, 6.07) is 7.60. The Labute approximate surface area is 286 Å². The number of unbranched alkanes of at least 4 members (excludes halogenated alkanes) is 2. The van der Waals surface area contributed by atoms with Crippen molar-refractivity contribution in [2.45, 2.75) is 52.4 Å². The van der Waals surface area contributed by atoms with Crippen molar-refractivity contribution in [2.75, 3.05) is 13.1 Å². The van der Waals surface area contributed by atoms with Crippen molar-refractivity contribution in [1.29, 1.82) is 0 Å². The number of allylic oxidation sites excluding steroid dienone is 8. The molecular weight excluding hydrogens is 664 g/mol. The fraction of sp³-hybridized carbons (Fsp3) is 0.312. The van der Waals surface area contributed by atoms with Gasteiger partial charge in [-0.1, -0.05) is 26.7 Å². The molecule has 2 aliphatic rings. The monoisotopic (exact) mass is 698 g/mol. The molecule has 0 atom stereocenters. The number of rotatable bonds is 10. The van der Waals surface area contributed by atoms with Gasteiger partial charge >= 0.3 is 32.3 Å². The molecule has 0 saturated heterocycles. The molecule has 0 unspecified atom stereocenters. The van der Waals surface area contributed by atoms with Crippen molar-refractivity contribution in [1.82, 2.24) is 9.44 Å². The molecule has 45 heavy (non-hydrogen) atoms. The molecule has 6 nitrogen and oxygen atoms in total. The van der Waals surface area contributed by atoms with E-state index in [1.807, 2.05) is 38.2 Å². The molecule has 0 aromatic heterocycles. The summed E-state index contributed by atoms with van der Waals surface area (Å²) in [5.41, 5.74) is 0. The quantitative estimate of drug-likeness (QED) is 0.0636. The van der Waals surface area contributed by atoms with E-state index in [1.165, 1.54) is 0 Å². The Balaban J connectivity index is 0.000000644. The maximum absolute atomic E-state index is 13.1. The predicted octanol–water partition coefficient (Wildman–Crippen LogP) is 9.21. The summed E-state index contributed by atoms with van der Waals surface area (Å²) in [6.45, 7) is 5.37. The SMILES string of the molecule is CCCCNSC(=O)Oc1ccc(F)[c-]c1F.CCCCNSC(=O)Oc1ccc(F)[c-]c1F.[C-]1=CC=CC1.[C-]1=CC=CC1.[Ti+4]. The van der Waals surface area contributed by atoms with Crippen LogP contribution in [0.3, 0.4) is 0 Å². The molecule has 0 radical (unpaired) electrons. The first kappa shape index (κ1) is 42.4. The van der Waals surface area contributed by atoms with Crippen LogP contribution < -0.4 is 18.9 Å². The summed E-state index contributed by atoms with van der Waals surface area (Å²) in [5.74, 6) is -4.38. The minimum Gasteiger partial charge on any atom is -0.479 e. The van der Waals surface area contributed by atoms with E-state index >= 15 is 0 Å². The van der Waals surface area contributed by atoms with Gasteiger partial charge in [0.2, 0.25) is 0 Å². The number of nitrogens with one attached hydrogen (secondary N) is 2. The van der Waals surface area contributed by atoms with Crippen LogP contribution in [-0.2, 0) is 21.7 Å². The smallest absolute Gasteiger partial charge is 0.479 e. The second kappa shape index (κ2) is 27.7. The Morgan fingerprint density at radius 3 is 1.40 bits per heavy atom. The molecular formula is C32H34F4N2O4S2Ti. The van der Waals surface area contributed by atoms with Crippen molar-refractivity contribution in [3.63, 3.8) is 0 Å². The van der Waals surface area contributed by atoms with E-state index in [9.17, 15) is 27.2 Å². The van der Waals surface area contributed by atoms with Crippen molar-refractivity contribution in [3.05, 3.63) is 108 Å². The summed E-state index contributed by atoms with van der Waals surface area (Å²) in [5, 5.41) is -1.39. The largest absolute Gasteiger partial charge is 4.00 e. The van der Waals surface area contributed by atoms with Crippen LogP contribution in [0.25, 0.3) is 0 Å². The van der Waals surface area contributed by atoms with Crippen molar-refractivity contribution in [3.8, 4) is 11.5 Å². The first-order valence-corrected chi connectivity index (χ1v) is 15.3. The fourth-order valence-electron chi connectivity index (χ4n) is 2.64. The van der Waals surface area contributed by atoms with Gasteiger partial charge < -0.3 is 9.47 Å². The summed E-state index contributed by atoms with van der Waals surface area (Å²) in [4.78, 5) is 22.4. The van der Waals surface area contributed by atoms with Crippen LogP contribution >= 0.6 is 23.9 Å². The molecule has 2 aliphatic carbocycles. The molecule has 0 fully saturated rings. The topological polar surface area (TPSA) is 76.7 Å². The number of halogens is 4. The summed E-state index contributed by atoms with van der Waals surface area (Å²) in [6.07, 6.45) is 23.9. The van der Waals surface area contributed by atoms with Crippen LogP contribution in [0.2, 0.25) is 0 Å². The Morgan fingerprint density at radius 2 is 1.13 bits per heavy atom. The van der Waals surface area contributed by atoms with Gasteiger partial charge in [-0.25, -0.2) is 51.5 Å². The normalized spacial score (nSPS) is 11.7. The molecule has 0 aliphatic heterocycles. The van der Waals surface area contributed by atoms with Gasteiger partial charge in [-0.3, -0.25) is 21.6 Å². The van der Waals surface area contributed by atoms with Crippen LogP contribution in [0.4, 0.5) is 27.2 Å². The van der Waals surface area contributed by atoms with Gasteiger partial charge in [0.15, 0.2) is 0 Å². The van der Waals surface area contributed by atoms with Gasteiger partial charge in [0, 0.05) is 48.6 Å². The maximum atomic E-state index is 13.1. The predicted molar refractivity (Wildman–Crippen MR) is 167 cm³/mol. The molecule has 0 saturated carbocycles. The van der Waals surface area contributed by atoms with E-state index in [-0.39, 0.29) is 33.2 Å². The Morgan fingerprint density at radius 1 is 0.733 bits per heavy atom. The Bertz CT molecular complexity index is 1150. The number of benzene rings is 2. The third kappa shape index (κ3) is 22.5. The van der Waals surface area contributed by atoms with Gasteiger partial charge in [-0.05, 0) is 12.8 Å². The van der Waals surface area contributed by atoms with Gasteiger partial charge in [0.25, 0.3) is 0 Å². The third-order valence-electron chi connectivity index (χ3n) is 4.79. The molecule has 4 rings (SSSR count). The van der Waals surface area contributed by atoms with Crippen LogP contribution in [0.5, 0.6) is 11.5 Å². The van der Waals surface area contributed by atoms with E-state index in [4.69, 9.17) is 0 Å². The fourth-order valence-corrected chi connectivity index (χ4v) is 3.63. The molecule has 2 aromatic carbocycles. The Hall–Kier alpha value is -2.61. The maximum Gasteiger partial charge on any atom is 4.00 e. The molecule has 2 N–H and O–H groups in total. The minimum absolute atomic E-state index is 0. The number of carbonyl (C=O) groups is 2. The summed E-state index contributed by atoms with van der Waals surface area (Å²) >= 11 is 1.48. The van der Waals surface area contributed by atoms with Crippen LogP contribution in [-0.4, -0.2) is 23.7 Å². The second-order valence-electron chi connectivity index (χ2n) is 8.38. The van der Waals surface area contributed by atoms with Crippen LogP contribution in [0.15, 0.2) is 60.7 Å². The average molecular weight is 699 g/mol. The number of carbonyl (C=O) groups excluding carboxylic acids is 2. The van der Waals surface area contributed by atoms with Gasteiger partial charge in [0.1, 0.15) is 0 Å². The van der Waals surface area contributed by atoms with Gasteiger partial charge in [-0.2, -0.15) is 12.2 Å². The number of hydrogen-bond acceptors (Lipinski definition) is 8. The minimum atomic E-state index is -1.02. The molecule has 0 heterocycles. The summed E-state index contributed by atoms with van der Waals surface area (Å²) < 4.78 is 66.0. The molecule has 2 aromatic rings. The van der Waals surface area contributed by atoms with E-state index in [0.717, 1.165) is 86.7 Å².